The lowest BCUT2D eigenvalue weighted by molar-refractivity contribution is -0.132. The molecule has 0 atom stereocenters. The number of hydrogen-bond acceptors (Lipinski definition) is 3. The summed E-state index contributed by atoms with van der Waals surface area (Å²) in [6, 6.07) is 15.8. The number of rotatable bonds is 5. The second-order valence-electron chi connectivity index (χ2n) is 4.58. The highest BCUT2D eigenvalue weighted by molar-refractivity contribution is 6.09. The van der Waals surface area contributed by atoms with Crippen LogP contribution in [0.4, 0.5) is 5.69 Å². The van der Waals surface area contributed by atoms with Gasteiger partial charge in [0.05, 0.1) is 0 Å². The van der Waals surface area contributed by atoms with E-state index in [4.69, 9.17) is 0 Å². The summed E-state index contributed by atoms with van der Waals surface area (Å²) < 4.78 is 0. The molecule has 0 amide bonds. The summed E-state index contributed by atoms with van der Waals surface area (Å²) in [5.74, 6) is -1.53. The van der Waals surface area contributed by atoms with Crippen molar-refractivity contribution in [2.45, 2.75) is 6.92 Å². The first-order valence-corrected chi connectivity index (χ1v) is 6.44. The third-order valence-electron chi connectivity index (χ3n) is 2.89. The highest BCUT2D eigenvalue weighted by Crippen LogP contribution is 2.11. The molecule has 0 unspecified atom stereocenters. The van der Waals surface area contributed by atoms with Crippen LogP contribution in [0, 0.1) is 6.92 Å². The summed E-state index contributed by atoms with van der Waals surface area (Å²) in [5.41, 5.74) is 1.94. The molecule has 4 heteroatoms. The molecule has 0 saturated heterocycles. The van der Waals surface area contributed by atoms with Gasteiger partial charge in [0.25, 0.3) is 0 Å². The van der Waals surface area contributed by atoms with E-state index < -0.39 is 5.97 Å². The van der Waals surface area contributed by atoms with Crippen molar-refractivity contribution in [2.75, 3.05) is 5.32 Å². The number of para-hydroxylation sites is 1. The normalized spacial score (nSPS) is 11.0. The number of allylic oxidation sites excluding steroid dienone is 1. The highest BCUT2D eigenvalue weighted by Gasteiger charge is 2.11. The smallest absolute Gasteiger partial charge is 0.352 e. The predicted molar refractivity (Wildman–Crippen MR) is 81.3 cm³/mol. The summed E-state index contributed by atoms with van der Waals surface area (Å²) in [7, 11) is 0. The van der Waals surface area contributed by atoms with Crippen LogP contribution >= 0.6 is 0 Å². The Bertz CT molecular complexity index is 673. The molecule has 0 spiro atoms. The Morgan fingerprint density at radius 2 is 1.62 bits per heavy atom. The van der Waals surface area contributed by atoms with Crippen LogP contribution in [0.25, 0.3) is 0 Å². The summed E-state index contributed by atoms with van der Waals surface area (Å²) >= 11 is 0. The number of carbonyl (C=O) groups is 2. The summed E-state index contributed by atoms with van der Waals surface area (Å²) in [6.45, 7) is 1.92. The van der Waals surface area contributed by atoms with Crippen molar-refractivity contribution in [1.29, 1.82) is 0 Å². The zero-order chi connectivity index (χ0) is 15.2. The summed E-state index contributed by atoms with van der Waals surface area (Å²) in [4.78, 5) is 23.3. The van der Waals surface area contributed by atoms with Crippen LogP contribution in [0.5, 0.6) is 0 Å². The second kappa shape index (κ2) is 6.52. The van der Waals surface area contributed by atoms with Crippen molar-refractivity contribution in [3.63, 3.8) is 0 Å². The molecule has 0 bridgehead atoms. The minimum Gasteiger partial charge on any atom is -0.477 e. The maximum absolute atomic E-state index is 12.1. The molecule has 0 fully saturated rings. The minimum atomic E-state index is -1.18. The van der Waals surface area contributed by atoms with Crippen LogP contribution in [-0.2, 0) is 4.79 Å². The molecule has 2 rings (SSSR count). The van der Waals surface area contributed by atoms with Gasteiger partial charge in [-0.1, -0.05) is 48.0 Å². The number of aliphatic carboxylic acids is 1. The van der Waals surface area contributed by atoms with Gasteiger partial charge in [0, 0.05) is 17.3 Å². The molecule has 0 saturated carbocycles. The first-order chi connectivity index (χ1) is 10.1. The van der Waals surface area contributed by atoms with E-state index in [0.29, 0.717) is 11.3 Å². The van der Waals surface area contributed by atoms with Crippen LogP contribution in [0.1, 0.15) is 15.9 Å². The van der Waals surface area contributed by atoms with Crippen LogP contribution < -0.4 is 5.32 Å². The van der Waals surface area contributed by atoms with Gasteiger partial charge in [0.1, 0.15) is 5.70 Å². The quantitative estimate of drug-likeness (QED) is 0.652. The van der Waals surface area contributed by atoms with E-state index >= 15 is 0 Å². The standard InChI is InChI=1S/C17H15NO3/c1-12-7-9-13(10-8-12)16(19)11-15(17(20)21)18-14-5-3-2-4-6-14/h2-11,18H,1H3,(H,20,21). The number of carboxylic acid groups (broad SMARTS) is 1. The fourth-order valence-electron chi connectivity index (χ4n) is 1.76. The van der Waals surface area contributed by atoms with Gasteiger partial charge in [-0.25, -0.2) is 4.79 Å². The lowest BCUT2D eigenvalue weighted by atomic mass is 10.1. The van der Waals surface area contributed by atoms with Gasteiger partial charge in [0.2, 0.25) is 0 Å². The zero-order valence-corrected chi connectivity index (χ0v) is 11.5. The first kappa shape index (κ1) is 14.5. The monoisotopic (exact) mass is 281 g/mol. The molecule has 2 aromatic rings. The third-order valence-corrected chi connectivity index (χ3v) is 2.89. The van der Waals surface area contributed by atoms with Crippen molar-refractivity contribution in [2.24, 2.45) is 0 Å². The molecule has 0 aromatic heterocycles. The van der Waals surface area contributed by atoms with Crippen molar-refractivity contribution in [1.82, 2.24) is 0 Å². The number of carboxylic acids is 1. The van der Waals surface area contributed by atoms with Crippen LogP contribution in [0.15, 0.2) is 66.4 Å². The maximum Gasteiger partial charge on any atom is 0.352 e. The Balaban J connectivity index is 2.23. The molecule has 21 heavy (non-hydrogen) atoms. The lowest BCUT2D eigenvalue weighted by Gasteiger charge is -2.06. The van der Waals surface area contributed by atoms with Gasteiger partial charge in [-0.05, 0) is 19.1 Å². The Hall–Kier alpha value is -2.88. The lowest BCUT2D eigenvalue weighted by Crippen LogP contribution is -2.12. The number of benzene rings is 2. The number of aryl methyl sites for hydroxylation is 1. The number of nitrogens with one attached hydrogen (secondary N) is 1. The van der Waals surface area contributed by atoms with E-state index in [1.807, 2.05) is 25.1 Å². The molecule has 0 aliphatic carbocycles. The summed E-state index contributed by atoms with van der Waals surface area (Å²) in [5, 5.41) is 11.9. The molecule has 106 valence electrons. The fraction of sp³-hybridized carbons (Fsp3) is 0.0588. The summed E-state index contributed by atoms with van der Waals surface area (Å²) in [6.07, 6.45) is 1.10. The number of ketones is 1. The molecular formula is C17H15NO3. The SMILES string of the molecule is Cc1ccc(C(=O)C=C(Nc2ccccc2)C(=O)O)cc1. The molecule has 2 aromatic carbocycles. The Kier molecular flexibility index (Phi) is 4.51. The van der Waals surface area contributed by atoms with Crippen LogP contribution in [-0.4, -0.2) is 16.9 Å². The van der Waals surface area contributed by atoms with Gasteiger partial charge in [-0.15, -0.1) is 0 Å². The molecule has 2 N–H and O–H groups in total. The van der Waals surface area contributed by atoms with E-state index in [2.05, 4.69) is 5.32 Å². The van der Waals surface area contributed by atoms with E-state index in [-0.39, 0.29) is 11.5 Å². The number of carbonyl (C=O) groups excluding carboxylic acids is 1. The minimum absolute atomic E-state index is 0.160. The van der Waals surface area contributed by atoms with Gasteiger partial charge < -0.3 is 10.4 Å². The van der Waals surface area contributed by atoms with Gasteiger partial charge in [-0.3, -0.25) is 4.79 Å². The fourth-order valence-corrected chi connectivity index (χ4v) is 1.76. The van der Waals surface area contributed by atoms with E-state index in [1.165, 1.54) is 0 Å². The second-order valence-corrected chi connectivity index (χ2v) is 4.58. The van der Waals surface area contributed by atoms with Crippen molar-refractivity contribution in [3.05, 3.63) is 77.5 Å². The third kappa shape index (κ3) is 4.04. The van der Waals surface area contributed by atoms with E-state index in [9.17, 15) is 14.7 Å². The van der Waals surface area contributed by atoms with Gasteiger partial charge >= 0.3 is 5.97 Å². The van der Waals surface area contributed by atoms with E-state index in [0.717, 1.165) is 11.6 Å². The zero-order valence-electron chi connectivity index (χ0n) is 11.5. The molecular weight excluding hydrogens is 266 g/mol. The average molecular weight is 281 g/mol. The Morgan fingerprint density at radius 1 is 1.00 bits per heavy atom. The Labute approximate surface area is 122 Å². The predicted octanol–water partition coefficient (Wildman–Crippen LogP) is 3.26. The molecule has 0 radical (unpaired) electrons. The maximum atomic E-state index is 12.1. The number of anilines is 1. The molecule has 4 nitrogen and oxygen atoms in total. The van der Waals surface area contributed by atoms with Crippen molar-refractivity contribution >= 4 is 17.4 Å². The highest BCUT2D eigenvalue weighted by atomic mass is 16.4. The molecule has 0 heterocycles. The largest absolute Gasteiger partial charge is 0.477 e. The van der Waals surface area contributed by atoms with Crippen LogP contribution in [0.3, 0.4) is 0 Å². The van der Waals surface area contributed by atoms with Crippen LogP contribution in [0.2, 0.25) is 0 Å². The molecule has 0 aliphatic rings. The topological polar surface area (TPSA) is 66.4 Å². The Morgan fingerprint density at radius 3 is 2.19 bits per heavy atom. The van der Waals surface area contributed by atoms with Crippen molar-refractivity contribution in [3.8, 4) is 0 Å². The average Bonchev–Trinajstić information content (AvgIpc) is 2.48. The number of hydrogen-bond donors (Lipinski definition) is 2. The van der Waals surface area contributed by atoms with E-state index in [1.54, 1.807) is 36.4 Å². The van der Waals surface area contributed by atoms with Gasteiger partial charge in [-0.2, -0.15) is 0 Å². The molecule has 0 aliphatic heterocycles. The first-order valence-electron chi connectivity index (χ1n) is 6.44. The van der Waals surface area contributed by atoms with Crippen molar-refractivity contribution < 1.29 is 14.7 Å². The van der Waals surface area contributed by atoms with Gasteiger partial charge in [0.15, 0.2) is 5.78 Å².